The maximum Gasteiger partial charge on any atom is 0.261 e. The third-order valence-electron chi connectivity index (χ3n) is 3.44. The van der Waals surface area contributed by atoms with Crippen molar-refractivity contribution in [2.75, 3.05) is 6.54 Å². The maximum absolute atomic E-state index is 12.1. The van der Waals surface area contributed by atoms with Gasteiger partial charge in [-0.2, -0.15) is 0 Å². The van der Waals surface area contributed by atoms with Crippen LogP contribution < -0.4 is 5.32 Å². The van der Waals surface area contributed by atoms with Gasteiger partial charge in [-0.1, -0.05) is 0 Å². The minimum Gasteiger partial charge on any atom is -0.466 e. The van der Waals surface area contributed by atoms with E-state index in [1.54, 1.807) is 38.3 Å². The highest BCUT2D eigenvalue weighted by atomic mass is 32.1. The molecule has 2 rings (SSSR count). The molecule has 0 aromatic carbocycles. The van der Waals surface area contributed by atoms with Crippen LogP contribution in [0.2, 0.25) is 0 Å². The number of Topliss-reactive ketones (excluding diaryl/α,β-unsaturated/α-hetero) is 1. The van der Waals surface area contributed by atoms with Crippen LogP contribution in [0.1, 0.15) is 51.0 Å². The van der Waals surface area contributed by atoms with Crippen molar-refractivity contribution in [3.8, 4) is 0 Å². The predicted octanol–water partition coefficient (Wildman–Crippen LogP) is 2.80. The molecule has 2 aromatic rings. The highest BCUT2D eigenvalue weighted by Gasteiger charge is 2.28. The number of ketones is 1. The predicted molar refractivity (Wildman–Crippen MR) is 84.4 cm³/mol. The van der Waals surface area contributed by atoms with Crippen LogP contribution in [0.3, 0.4) is 0 Å². The second kappa shape index (κ2) is 6.06. The Hall–Kier alpha value is -1.92. The van der Waals surface area contributed by atoms with Crippen molar-refractivity contribution in [3.63, 3.8) is 0 Å². The number of furan rings is 1. The summed E-state index contributed by atoms with van der Waals surface area (Å²) < 4.78 is 5.41. The summed E-state index contributed by atoms with van der Waals surface area (Å²) in [4.78, 5) is 23.8. The van der Waals surface area contributed by atoms with E-state index in [4.69, 9.17) is 4.42 Å². The van der Waals surface area contributed by atoms with Gasteiger partial charge in [-0.25, -0.2) is 0 Å². The van der Waals surface area contributed by atoms with Crippen LogP contribution in [0.5, 0.6) is 0 Å². The highest BCUT2D eigenvalue weighted by Crippen LogP contribution is 2.26. The number of carbonyl (C=O) groups excluding carboxylic acids is 2. The summed E-state index contributed by atoms with van der Waals surface area (Å²) >= 11 is 1.21. The molecule has 0 radical (unpaired) electrons. The summed E-state index contributed by atoms with van der Waals surface area (Å²) in [7, 11) is 0. The van der Waals surface area contributed by atoms with Gasteiger partial charge in [0.25, 0.3) is 5.91 Å². The molecule has 1 atom stereocenters. The minimum absolute atomic E-state index is 0.0545. The van der Waals surface area contributed by atoms with Crippen LogP contribution in [0, 0.1) is 13.8 Å². The molecule has 0 aliphatic heterocycles. The molecule has 0 aliphatic carbocycles. The van der Waals surface area contributed by atoms with Crippen LogP contribution >= 0.6 is 11.3 Å². The van der Waals surface area contributed by atoms with Crippen molar-refractivity contribution >= 4 is 23.0 Å². The molecular weight excluding hydrogens is 302 g/mol. The monoisotopic (exact) mass is 321 g/mol. The molecule has 0 fully saturated rings. The van der Waals surface area contributed by atoms with E-state index in [9.17, 15) is 14.7 Å². The number of thiophene rings is 1. The van der Waals surface area contributed by atoms with Crippen LogP contribution in [0.15, 0.2) is 21.9 Å². The van der Waals surface area contributed by atoms with Gasteiger partial charge in [-0.05, 0) is 39.8 Å². The average molecular weight is 321 g/mol. The summed E-state index contributed by atoms with van der Waals surface area (Å²) in [5, 5.41) is 14.9. The number of hydrogen-bond donors (Lipinski definition) is 2. The van der Waals surface area contributed by atoms with E-state index < -0.39 is 5.60 Å². The molecule has 5 nitrogen and oxygen atoms in total. The van der Waals surface area contributed by atoms with E-state index in [-0.39, 0.29) is 18.2 Å². The third-order valence-corrected chi connectivity index (χ3v) is 4.37. The van der Waals surface area contributed by atoms with Gasteiger partial charge in [0.15, 0.2) is 5.78 Å². The van der Waals surface area contributed by atoms with Crippen LogP contribution in [-0.2, 0) is 5.60 Å². The molecule has 1 amide bonds. The molecule has 2 N–H and O–H groups in total. The van der Waals surface area contributed by atoms with Crippen molar-refractivity contribution in [1.29, 1.82) is 0 Å². The van der Waals surface area contributed by atoms with Crippen LogP contribution in [0.4, 0.5) is 0 Å². The zero-order valence-corrected chi connectivity index (χ0v) is 13.8. The Balaban J connectivity index is 2.06. The van der Waals surface area contributed by atoms with Crippen molar-refractivity contribution in [2.24, 2.45) is 0 Å². The molecule has 0 saturated heterocycles. The molecule has 0 aliphatic rings. The quantitative estimate of drug-likeness (QED) is 0.830. The second-order valence-electron chi connectivity index (χ2n) is 5.54. The number of rotatable bonds is 5. The number of aliphatic hydroxyl groups is 1. The summed E-state index contributed by atoms with van der Waals surface area (Å²) in [6.07, 6.45) is 0. The van der Waals surface area contributed by atoms with Gasteiger partial charge < -0.3 is 14.8 Å². The lowest BCUT2D eigenvalue weighted by atomic mass is 9.96. The second-order valence-corrected chi connectivity index (χ2v) is 6.45. The van der Waals surface area contributed by atoms with Gasteiger partial charge in [-0.15, -0.1) is 11.3 Å². The Kier molecular flexibility index (Phi) is 4.53. The lowest BCUT2D eigenvalue weighted by Gasteiger charge is -2.23. The third kappa shape index (κ3) is 3.45. The summed E-state index contributed by atoms with van der Waals surface area (Å²) in [5.74, 6) is 0.956. The van der Waals surface area contributed by atoms with Crippen LogP contribution in [-0.4, -0.2) is 23.3 Å². The number of amides is 1. The lowest BCUT2D eigenvalue weighted by Crippen LogP contribution is -2.38. The van der Waals surface area contributed by atoms with Crippen molar-refractivity contribution in [2.45, 2.75) is 33.3 Å². The molecule has 6 heteroatoms. The summed E-state index contributed by atoms with van der Waals surface area (Å²) in [6.45, 7) is 6.72. The van der Waals surface area contributed by atoms with E-state index in [1.165, 1.54) is 18.3 Å². The van der Waals surface area contributed by atoms with E-state index in [2.05, 4.69) is 5.32 Å². The first kappa shape index (κ1) is 16.5. The number of aryl methyl sites for hydroxylation is 2. The van der Waals surface area contributed by atoms with Gasteiger partial charge in [0.05, 0.1) is 11.4 Å². The van der Waals surface area contributed by atoms with E-state index in [0.717, 1.165) is 0 Å². The van der Waals surface area contributed by atoms with Gasteiger partial charge in [0.1, 0.15) is 17.1 Å². The topological polar surface area (TPSA) is 79.5 Å². The Labute approximate surface area is 133 Å². The molecule has 0 saturated carbocycles. The maximum atomic E-state index is 12.1. The van der Waals surface area contributed by atoms with Gasteiger partial charge >= 0.3 is 0 Å². The molecule has 118 valence electrons. The fraction of sp³-hybridized carbons (Fsp3) is 0.375. The smallest absolute Gasteiger partial charge is 0.261 e. The van der Waals surface area contributed by atoms with Crippen molar-refractivity contribution in [3.05, 3.63) is 45.0 Å². The number of nitrogens with one attached hydrogen (secondary N) is 1. The number of carbonyl (C=O) groups is 2. The van der Waals surface area contributed by atoms with Crippen molar-refractivity contribution in [1.82, 2.24) is 5.32 Å². The molecule has 22 heavy (non-hydrogen) atoms. The Morgan fingerprint density at radius 2 is 2.05 bits per heavy atom. The molecule has 2 aromatic heterocycles. The van der Waals surface area contributed by atoms with Crippen molar-refractivity contribution < 1.29 is 19.1 Å². The first-order valence-corrected chi connectivity index (χ1v) is 7.76. The minimum atomic E-state index is -1.22. The molecule has 0 spiro atoms. The molecule has 1 unspecified atom stereocenters. The normalized spacial score (nSPS) is 13.7. The standard InChI is InChI=1S/C16H19NO4S/c1-9-5-13(11(3)21-9)16(4,20)8-17-15(19)14-6-12(7-22-14)10(2)18/h5-7,20H,8H2,1-4H3,(H,17,19). The Morgan fingerprint density at radius 1 is 1.36 bits per heavy atom. The fourth-order valence-electron chi connectivity index (χ4n) is 2.24. The van der Waals surface area contributed by atoms with Gasteiger partial charge in [0.2, 0.25) is 0 Å². The van der Waals surface area contributed by atoms with Crippen LogP contribution in [0.25, 0.3) is 0 Å². The first-order chi connectivity index (χ1) is 10.2. The van der Waals surface area contributed by atoms with Gasteiger partial charge in [0, 0.05) is 16.5 Å². The lowest BCUT2D eigenvalue weighted by molar-refractivity contribution is 0.0515. The average Bonchev–Trinajstić information content (AvgIpc) is 3.03. The van der Waals surface area contributed by atoms with Gasteiger partial charge in [-0.3, -0.25) is 9.59 Å². The summed E-state index contributed by atoms with van der Waals surface area (Å²) in [6, 6.07) is 3.32. The zero-order chi connectivity index (χ0) is 16.5. The van der Waals surface area contributed by atoms with E-state index in [1.807, 2.05) is 0 Å². The first-order valence-electron chi connectivity index (χ1n) is 6.88. The molecule has 2 heterocycles. The highest BCUT2D eigenvalue weighted by molar-refractivity contribution is 7.12. The Morgan fingerprint density at radius 3 is 2.55 bits per heavy atom. The van der Waals surface area contributed by atoms with E-state index in [0.29, 0.717) is 27.5 Å². The largest absolute Gasteiger partial charge is 0.466 e. The van der Waals surface area contributed by atoms with E-state index >= 15 is 0 Å². The molecule has 0 bridgehead atoms. The zero-order valence-electron chi connectivity index (χ0n) is 13.0. The fourth-order valence-corrected chi connectivity index (χ4v) is 3.10. The molecular formula is C16H19NO4S. The number of hydrogen-bond acceptors (Lipinski definition) is 5. The summed E-state index contributed by atoms with van der Waals surface area (Å²) in [5.41, 5.74) is -0.0536. The SMILES string of the molecule is CC(=O)c1csc(C(=O)NCC(C)(O)c2cc(C)oc2C)c1. The Bertz CT molecular complexity index is 712.